The highest BCUT2D eigenvalue weighted by Gasteiger charge is 2.18. The number of fused-ring (bicyclic) bond motifs is 1. The molecule has 0 unspecified atom stereocenters. The fourth-order valence-corrected chi connectivity index (χ4v) is 3.84. The summed E-state index contributed by atoms with van der Waals surface area (Å²) >= 11 is 6.16. The molecule has 0 aliphatic rings. The summed E-state index contributed by atoms with van der Waals surface area (Å²) in [5.74, 6) is 0. The summed E-state index contributed by atoms with van der Waals surface area (Å²) in [6.45, 7) is 0. The third-order valence-corrected chi connectivity index (χ3v) is 5.37. The number of benzene rings is 4. The maximum Gasteiger partial charge on any atom is 0.0809 e. The molecule has 1 N–H and O–H groups in total. The van der Waals surface area contributed by atoms with Gasteiger partial charge in [0.05, 0.1) is 16.9 Å². The van der Waals surface area contributed by atoms with Crippen LogP contribution in [0.5, 0.6) is 0 Å². The molecular weight excluding hydrogens is 388 g/mol. The lowest BCUT2D eigenvalue weighted by Crippen LogP contribution is -2.00. The van der Waals surface area contributed by atoms with Crippen molar-refractivity contribution < 1.29 is 0 Å². The van der Waals surface area contributed by atoms with E-state index >= 15 is 0 Å². The van der Waals surface area contributed by atoms with E-state index in [-0.39, 0.29) is 0 Å². The van der Waals surface area contributed by atoms with Crippen LogP contribution in [0, 0.1) is 0 Å². The first-order chi connectivity index (χ1) is 14.8. The van der Waals surface area contributed by atoms with Crippen LogP contribution in [0.15, 0.2) is 109 Å². The molecule has 30 heavy (non-hydrogen) atoms. The van der Waals surface area contributed by atoms with E-state index < -0.39 is 0 Å². The van der Waals surface area contributed by atoms with Crippen LogP contribution < -0.4 is 5.32 Å². The van der Waals surface area contributed by atoms with E-state index in [0.717, 1.165) is 44.7 Å². The molecule has 0 spiro atoms. The van der Waals surface area contributed by atoms with Crippen molar-refractivity contribution in [3.63, 3.8) is 0 Å². The number of nitrogens with one attached hydrogen (secondary N) is 1. The van der Waals surface area contributed by atoms with Gasteiger partial charge in [0.25, 0.3) is 0 Å². The second kappa shape index (κ2) is 8.02. The highest BCUT2D eigenvalue weighted by atomic mass is 35.5. The number of nitrogens with zero attached hydrogens (tertiary/aromatic N) is 1. The van der Waals surface area contributed by atoms with Gasteiger partial charge in [0.1, 0.15) is 0 Å². The standard InChI is InChI=1S/C27H19ClN2/c28-21-17-15-20(16-18-21)26-25(19-9-3-1-4-10-19)27(29-22-11-5-2-6-12-22)23-13-7-8-14-24(23)30-26/h1-18H,(H,29,30). The zero-order chi connectivity index (χ0) is 20.3. The summed E-state index contributed by atoms with van der Waals surface area (Å²) in [6.07, 6.45) is 0. The molecule has 0 radical (unpaired) electrons. The van der Waals surface area contributed by atoms with Crippen LogP contribution in [0.3, 0.4) is 0 Å². The third kappa shape index (κ3) is 3.54. The first kappa shape index (κ1) is 18.4. The van der Waals surface area contributed by atoms with Crippen molar-refractivity contribution in [1.29, 1.82) is 0 Å². The van der Waals surface area contributed by atoms with Crippen molar-refractivity contribution in [2.45, 2.75) is 0 Å². The molecule has 4 aromatic carbocycles. The minimum absolute atomic E-state index is 0.712. The average Bonchev–Trinajstić information content (AvgIpc) is 2.80. The van der Waals surface area contributed by atoms with Crippen molar-refractivity contribution in [1.82, 2.24) is 4.98 Å². The Kier molecular flexibility index (Phi) is 4.92. The Morgan fingerprint density at radius 3 is 1.97 bits per heavy atom. The highest BCUT2D eigenvalue weighted by molar-refractivity contribution is 6.30. The van der Waals surface area contributed by atoms with Crippen LogP contribution in [-0.2, 0) is 0 Å². The van der Waals surface area contributed by atoms with Gasteiger partial charge in [0.15, 0.2) is 0 Å². The summed E-state index contributed by atoms with van der Waals surface area (Å²) in [4.78, 5) is 5.07. The Bertz CT molecular complexity index is 1300. The summed E-state index contributed by atoms with van der Waals surface area (Å²) in [5.41, 5.74) is 7.16. The maximum atomic E-state index is 6.16. The van der Waals surface area contributed by atoms with E-state index in [9.17, 15) is 0 Å². The number of pyridine rings is 1. The normalized spacial score (nSPS) is 10.8. The fraction of sp³-hybridized carbons (Fsp3) is 0. The molecule has 0 bridgehead atoms. The van der Waals surface area contributed by atoms with Gasteiger partial charge in [-0.15, -0.1) is 0 Å². The van der Waals surface area contributed by atoms with Crippen molar-refractivity contribution >= 4 is 33.9 Å². The van der Waals surface area contributed by atoms with Gasteiger partial charge in [-0.1, -0.05) is 90.5 Å². The van der Waals surface area contributed by atoms with E-state index in [2.05, 4.69) is 59.9 Å². The number of halogens is 1. The Hall–Kier alpha value is -3.62. The number of hydrogen-bond donors (Lipinski definition) is 1. The summed E-state index contributed by atoms with van der Waals surface area (Å²) < 4.78 is 0. The molecule has 0 aliphatic heterocycles. The second-order valence-electron chi connectivity index (χ2n) is 7.09. The largest absolute Gasteiger partial charge is 0.354 e. The van der Waals surface area contributed by atoms with Gasteiger partial charge in [0.2, 0.25) is 0 Å². The first-order valence-corrected chi connectivity index (χ1v) is 10.2. The van der Waals surface area contributed by atoms with E-state index in [1.165, 1.54) is 0 Å². The molecule has 0 fully saturated rings. The molecule has 5 rings (SSSR count). The minimum Gasteiger partial charge on any atom is -0.354 e. The zero-order valence-corrected chi connectivity index (χ0v) is 17.0. The molecule has 1 aromatic heterocycles. The molecule has 144 valence electrons. The zero-order valence-electron chi connectivity index (χ0n) is 16.2. The van der Waals surface area contributed by atoms with Crippen LogP contribution in [0.1, 0.15) is 0 Å². The van der Waals surface area contributed by atoms with Gasteiger partial charge < -0.3 is 5.32 Å². The molecule has 2 nitrogen and oxygen atoms in total. The summed E-state index contributed by atoms with van der Waals surface area (Å²) in [5, 5.41) is 5.46. The predicted octanol–water partition coefficient (Wildman–Crippen LogP) is 7.97. The average molecular weight is 407 g/mol. The van der Waals surface area contributed by atoms with Gasteiger partial charge in [-0.2, -0.15) is 0 Å². The van der Waals surface area contributed by atoms with Crippen LogP contribution in [-0.4, -0.2) is 4.98 Å². The molecule has 1 heterocycles. The Morgan fingerprint density at radius 1 is 0.600 bits per heavy atom. The number of para-hydroxylation sites is 2. The van der Waals surface area contributed by atoms with Crippen LogP contribution >= 0.6 is 11.6 Å². The molecule has 0 saturated carbocycles. The fourth-order valence-electron chi connectivity index (χ4n) is 3.71. The minimum atomic E-state index is 0.712. The van der Waals surface area contributed by atoms with E-state index in [1.807, 2.05) is 54.6 Å². The van der Waals surface area contributed by atoms with E-state index in [1.54, 1.807) is 0 Å². The topological polar surface area (TPSA) is 24.9 Å². The number of anilines is 2. The molecule has 0 aliphatic carbocycles. The number of hydrogen-bond acceptors (Lipinski definition) is 2. The molecule has 0 amide bonds. The lowest BCUT2D eigenvalue weighted by Gasteiger charge is -2.19. The van der Waals surface area contributed by atoms with Crippen LogP contribution in [0.2, 0.25) is 5.02 Å². The highest BCUT2D eigenvalue weighted by Crippen LogP contribution is 2.42. The second-order valence-corrected chi connectivity index (χ2v) is 7.53. The number of aromatic nitrogens is 1. The maximum absolute atomic E-state index is 6.16. The Balaban J connectivity index is 1.85. The Labute approximate surface area is 180 Å². The smallest absolute Gasteiger partial charge is 0.0809 e. The van der Waals surface area contributed by atoms with Gasteiger partial charge >= 0.3 is 0 Å². The number of rotatable bonds is 4. The molecular formula is C27H19ClN2. The molecule has 5 aromatic rings. The van der Waals surface area contributed by atoms with Crippen molar-refractivity contribution in [2.24, 2.45) is 0 Å². The van der Waals surface area contributed by atoms with Crippen molar-refractivity contribution in [2.75, 3.05) is 5.32 Å². The van der Waals surface area contributed by atoms with E-state index in [0.29, 0.717) is 5.02 Å². The van der Waals surface area contributed by atoms with Crippen LogP contribution in [0.4, 0.5) is 11.4 Å². The predicted molar refractivity (Wildman–Crippen MR) is 127 cm³/mol. The summed E-state index contributed by atoms with van der Waals surface area (Å²) in [7, 11) is 0. The van der Waals surface area contributed by atoms with Gasteiger partial charge in [0, 0.05) is 27.2 Å². The Morgan fingerprint density at radius 2 is 1.23 bits per heavy atom. The van der Waals surface area contributed by atoms with Crippen molar-refractivity contribution in [3.8, 4) is 22.4 Å². The van der Waals surface area contributed by atoms with Gasteiger partial charge in [-0.3, -0.25) is 0 Å². The molecule has 3 heteroatoms. The third-order valence-electron chi connectivity index (χ3n) is 5.12. The first-order valence-electron chi connectivity index (χ1n) is 9.86. The SMILES string of the molecule is Clc1ccc(-c2nc3ccccc3c(Nc3ccccc3)c2-c2ccccc2)cc1. The monoisotopic (exact) mass is 406 g/mol. The van der Waals surface area contributed by atoms with Crippen molar-refractivity contribution in [3.05, 3.63) is 114 Å². The summed E-state index contributed by atoms with van der Waals surface area (Å²) in [6, 6.07) is 36.8. The van der Waals surface area contributed by atoms with E-state index in [4.69, 9.17) is 16.6 Å². The molecule has 0 atom stereocenters. The van der Waals surface area contributed by atoms with Crippen LogP contribution in [0.25, 0.3) is 33.3 Å². The van der Waals surface area contributed by atoms with Gasteiger partial charge in [-0.05, 0) is 35.9 Å². The quantitative estimate of drug-likeness (QED) is 0.327. The lowest BCUT2D eigenvalue weighted by atomic mass is 9.95. The molecule has 0 saturated heterocycles. The van der Waals surface area contributed by atoms with Gasteiger partial charge in [-0.25, -0.2) is 4.98 Å². The lowest BCUT2D eigenvalue weighted by molar-refractivity contribution is 1.39.